The fourth-order valence-corrected chi connectivity index (χ4v) is 4.34. The molecule has 0 N–H and O–H groups in total. The minimum Gasteiger partial charge on any atom is -0.302 e. The molecule has 0 unspecified atom stereocenters. The lowest BCUT2D eigenvalue weighted by atomic mass is 10.0. The molecule has 0 spiro atoms. The molecule has 0 bridgehead atoms. The molecular weight excluding hydrogens is 284 g/mol. The Labute approximate surface area is 117 Å². The molecule has 1 aliphatic rings. The summed E-state index contributed by atoms with van der Waals surface area (Å²) >= 11 is 6.17. The van der Waals surface area contributed by atoms with Crippen LogP contribution in [-0.4, -0.2) is 29.3 Å². The molecule has 0 aromatic carbocycles. The van der Waals surface area contributed by atoms with E-state index in [-0.39, 0.29) is 17.4 Å². The molecule has 1 aliphatic heterocycles. The van der Waals surface area contributed by atoms with E-state index in [4.69, 9.17) is 11.6 Å². The summed E-state index contributed by atoms with van der Waals surface area (Å²) in [7, 11) is -2.85. The van der Waals surface area contributed by atoms with Crippen LogP contribution in [0, 0.1) is 6.92 Å². The number of nitrogens with zero attached hydrogens (tertiary/aromatic N) is 2. The Balaban J connectivity index is 2.02. The highest BCUT2D eigenvalue weighted by molar-refractivity contribution is 7.91. The Morgan fingerprint density at radius 2 is 2.05 bits per heavy atom. The highest BCUT2D eigenvalue weighted by Gasteiger charge is 2.28. The van der Waals surface area contributed by atoms with Crippen LogP contribution in [0.2, 0.25) is 5.15 Å². The molecule has 1 saturated heterocycles. The van der Waals surface area contributed by atoms with Crippen LogP contribution in [0.5, 0.6) is 0 Å². The Kier molecular flexibility index (Phi) is 3.06. The molecule has 0 saturated carbocycles. The molecule has 3 heterocycles. The van der Waals surface area contributed by atoms with Gasteiger partial charge in [0.1, 0.15) is 15.7 Å². The third-order valence-electron chi connectivity index (χ3n) is 3.70. The van der Waals surface area contributed by atoms with Crippen molar-refractivity contribution in [2.75, 3.05) is 11.5 Å². The molecule has 2 aromatic rings. The predicted molar refractivity (Wildman–Crippen MR) is 75.6 cm³/mol. The van der Waals surface area contributed by atoms with E-state index in [9.17, 15) is 8.42 Å². The van der Waals surface area contributed by atoms with Crippen LogP contribution < -0.4 is 0 Å². The van der Waals surface area contributed by atoms with Crippen molar-refractivity contribution in [1.29, 1.82) is 0 Å². The summed E-state index contributed by atoms with van der Waals surface area (Å²) in [6.45, 7) is 2.01. The summed E-state index contributed by atoms with van der Waals surface area (Å²) in [5, 5.41) is 0.493. The lowest BCUT2D eigenvalue weighted by Crippen LogP contribution is -2.23. The highest BCUT2D eigenvalue weighted by atomic mass is 35.5. The molecule has 3 rings (SSSR count). The van der Waals surface area contributed by atoms with E-state index in [1.165, 1.54) is 0 Å². The Hall–Kier alpha value is -1.07. The summed E-state index contributed by atoms with van der Waals surface area (Å²) < 4.78 is 25.0. The number of imidazole rings is 1. The zero-order valence-electron chi connectivity index (χ0n) is 10.6. The number of halogens is 1. The molecule has 4 nitrogen and oxygen atoms in total. The first kappa shape index (κ1) is 12.9. The maximum Gasteiger partial charge on any atom is 0.155 e. The third-order valence-corrected chi connectivity index (χ3v) is 5.69. The van der Waals surface area contributed by atoms with Crippen molar-refractivity contribution in [1.82, 2.24) is 9.38 Å². The smallest absolute Gasteiger partial charge is 0.155 e. The Morgan fingerprint density at radius 3 is 2.74 bits per heavy atom. The van der Waals surface area contributed by atoms with E-state index < -0.39 is 9.84 Å². The fourth-order valence-electron chi connectivity index (χ4n) is 2.61. The second kappa shape index (κ2) is 4.49. The molecule has 2 aromatic heterocycles. The van der Waals surface area contributed by atoms with Gasteiger partial charge in [0.25, 0.3) is 0 Å². The number of aromatic nitrogens is 2. The van der Waals surface area contributed by atoms with Crippen molar-refractivity contribution in [3.8, 4) is 0 Å². The quantitative estimate of drug-likeness (QED) is 0.813. The number of rotatable bonds is 1. The van der Waals surface area contributed by atoms with Crippen LogP contribution in [0.4, 0.5) is 0 Å². The van der Waals surface area contributed by atoms with E-state index in [1.54, 1.807) is 0 Å². The molecule has 0 radical (unpaired) electrons. The number of pyridine rings is 1. The second-order valence-electron chi connectivity index (χ2n) is 5.15. The molecule has 0 atom stereocenters. The van der Waals surface area contributed by atoms with E-state index in [1.807, 2.05) is 29.7 Å². The van der Waals surface area contributed by atoms with Gasteiger partial charge in [0, 0.05) is 12.1 Å². The zero-order valence-corrected chi connectivity index (χ0v) is 12.2. The summed E-state index contributed by atoms with van der Waals surface area (Å²) in [6.07, 6.45) is 3.22. The molecular formula is C13H15ClN2O2S. The van der Waals surface area contributed by atoms with E-state index >= 15 is 0 Å². The molecule has 0 aliphatic carbocycles. The topological polar surface area (TPSA) is 51.4 Å². The van der Waals surface area contributed by atoms with Crippen molar-refractivity contribution in [2.24, 2.45) is 0 Å². The first-order chi connectivity index (χ1) is 8.96. The molecule has 102 valence electrons. The maximum absolute atomic E-state index is 11.5. The van der Waals surface area contributed by atoms with Gasteiger partial charge >= 0.3 is 0 Å². The minimum atomic E-state index is -2.85. The van der Waals surface area contributed by atoms with Crippen molar-refractivity contribution >= 4 is 27.0 Å². The summed E-state index contributed by atoms with van der Waals surface area (Å²) in [4.78, 5) is 4.44. The molecule has 6 heteroatoms. The molecule has 1 fully saturated rings. The largest absolute Gasteiger partial charge is 0.302 e. The third kappa shape index (κ3) is 2.37. The van der Waals surface area contributed by atoms with E-state index in [0.717, 1.165) is 16.9 Å². The SMILES string of the molecule is Cc1ccn2c(C3CCS(=O)(=O)CC3)nc(Cl)c2c1. The lowest BCUT2D eigenvalue weighted by molar-refractivity contribution is 0.536. The number of aryl methyl sites for hydroxylation is 1. The van der Waals surface area contributed by atoms with Crippen LogP contribution in [0.1, 0.15) is 30.1 Å². The highest BCUT2D eigenvalue weighted by Crippen LogP contribution is 2.31. The van der Waals surface area contributed by atoms with Gasteiger partial charge in [0.2, 0.25) is 0 Å². The van der Waals surface area contributed by atoms with Gasteiger partial charge in [-0.15, -0.1) is 0 Å². The van der Waals surface area contributed by atoms with Crippen LogP contribution >= 0.6 is 11.6 Å². The average molecular weight is 299 g/mol. The fraction of sp³-hybridized carbons (Fsp3) is 0.462. The van der Waals surface area contributed by atoms with Crippen molar-refractivity contribution in [3.63, 3.8) is 0 Å². The van der Waals surface area contributed by atoms with Gasteiger partial charge in [0.05, 0.1) is 17.0 Å². The normalized spacial score (nSPS) is 19.9. The summed E-state index contributed by atoms with van der Waals surface area (Å²) in [5.41, 5.74) is 2.03. The van der Waals surface area contributed by atoms with Crippen molar-refractivity contribution in [2.45, 2.75) is 25.7 Å². The second-order valence-corrected chi connectivity index (χ2v) is 7.81. The number of hydrogen-bond donors (Lipinski definition) is 0. The van der Waals surface area contributed by atoms with Gasteiger partial charge in [-0.1, -0.05) is 11.6 Å². The van der Waals surface area contributed by atoms with E-state index in [2.05, 4.69) is 4.98 Å². The summed E-state index contributed by atoms with van der Waals surface area (Å²) in [6, 6.07) is 4.01. The van der Waals surface area contributed by atoms with Crippen LogP contribution in [-0.2, 0) is 9.84 Å². The Morgan fingerprint density at radius 1 is 1.37 bits per heavy atom. The number of hydrogen-bond acceptors (Lipinski definition) is 3. The molecule has 19 heavy (non-hydrogen) atoms. The van der Waals surface area contributed by atoms with Crippen LogP contribution in [0.25, 0.3) is 5.52 Å². The monoisotopic (exact) mass is 298 g/mol. The van der Waals surface area contributed by atoms with Gasteiger partial charge in [-0.3, -0.25) is 0 Å². The van der Waals surface area contributed by atoms with Gasteiger partial charge in [-0.25, -0.2) is 13.4 Å². The number of fused-ring (bicyclic) bond motifs is 1. The minimum absolute atomic E-state index is 0.172. The average Bonchev–Trinajstić information content (AvgIpc) is 2.67. The van der Waals surface area contributed by atoms with Gasteiger partial charge in [-0.2, -0.15) is 0 Å². The van der Waals surface area contributed by atoms with Gasteiger partial charge in [0.15, 0.2) is 5.15 Å². The summed E-state index contributed by atoms with van der Waals surface area (Å²) in [5.74, 6) is 1.55. The zero-order chi connectivity index (χ0) is 13.6. The first-order valence-corrected chi connectivity index (χ1v) is 8.51. The number of sulfone groups is 1. The van der Waals surface area contributed by atoms with Gasteiger partial charge in [-0.05, 0) is 37.5 Å². The van der Waals surface area contributed by atoms with E-state index in [0.29, 0.717) is 18.0 Å². The predicted octanol–water partition coefficient (Wildman–Crippen LogP) is 2.59. The Bertz CT molecular complexity index is 722. The lowest BCUT2D eigenvalue weighted by Gasteiger charge is -2.20. The van der Waals surface area contributed by atoms with Crippen LogP contribution in [0.3, 0.4) is 0 Å². The molecule has 0 amide bonds. The standard InChI is InChI=1S/C13H15ClN2O2S/c1-9-2-5-16-11(8-9)12(14)15-13(16)10-3-6-19(17,18)7-4-10/h2,5,8,10H,3-4,6-7H2,1H3. The van der Waals surface area contributed by atoms with Crippen LogP contribution in [0.15, 0.2) is 18.3 Å². The first-order valence-electron chi connectivity index (χ1n) is 6.31. The van der Waals surface area contributed by atoms with Crippen molar-refractivity contribution in [3.05, 3.63) is 34.9 Å². The maximum atomic E-state index is 11.5. The van der Waals surface area contributed by atoms with Gasteiger partial charge < -0.3 is 4.40 Å². The van der Waals surface area contributed by atoms with Crippen molar-refractivity contribution < 1.29 is 8.42 Å².